The largest absolute Gasteiger partial charge is 0.492 e. The Morgan fingerprint density at radius 1 is 1.05 bits per heavy atom. The van der Waals surface area contributed by atoms with E-state index in [1.54, 1.807) is 0 Å². The number of rotatable bonds is 6. The second kappa shape index (κ2) is 6.98. The minimum atomic E-state index is 0.242. The molecule has 1 aromatic carbocycles. The maximum atomic E-state index is 6.02. The molecular weight excluding hydrogens is 248 g/mol. The van der Waals surface area contributed by atoms with Gasteiger partial charge in [0.05, 0.1) is 0 Å². The van der Waals surface area contributed by atoms with E-state index in [2.05, 4.69) is 77.0 Å². The van der Waals surface area contributed by atoms with Crippen molar-refractivity contribution < 1.29 is 4.74 Å². The van der Waals surface area contributed by atoms with E-state index in [9.17, 15) is 0 Å². The molecule has 3 nitrogen and oxygen atoms in total. The minimum Gasteiger partial charge on any atom is -0.492 e. The third-order valence-corrected chi connectivity index (χ3v) is 3.09. The lowest BCUT2D eigenvalue weighted by Gasteiger charge is -2.26. The van der Waals surface area contributed by atoms with Crippen molar-refractivity contribution >= 4 is 5.69 Å². The van der Waals surface area contributed by atoms with Crippen LogP contribution in [0.4, 0.5) is 5.69 Å². The van der Waals surface area contributed by atoms with Gasteiger partial charge in [-0.05, 0) is 38.1 Å². The zero-order valence-corrected chi connectivity index (χ0v) is 14.2. The molecule has 0 radical (unpaired) electrons. The Kier molecular flexibility index (Phi) is 5.88. The maximum absolute atomic E-state index is 6.02. The number of likely N-dealkylation sites (N-methyl/N-ethyl adjacent to an activating group) is 1. The Morgan fingerprint density at radius 3 is 2.20 bits per heavy atom. The summed E-state index contributed by atoms with van der Waals surface area (Å²) in [5.74, 6) is 1.02. The monoisotopic (exact) mass is 278 g/mol. The Balaban J connectivity index is 2.99. The molecule has 1 aromatic rings. The van der Waals surface area contributed by atoms with Crippen LogP contribution in [0.25, 0.3) is 0 Å². The maximum Gasteiger partial charge on any atom is 0.124 e. The first-order chi connectivity index (χ1) is 9.20. The van der Waals surface area contributed by atoms with E-state index in [0.717, 1.165) is 25.3 Å². The Labute approximate surface area is 124 Å². The zero-order valence-electron chi connectivity index (χ0n) is 14.2. The molecule has 0 saturated heterocycles. The van der Waals surface area contributed by atoms with Crippen molar-refractivity contribution in [3.63, 3.8) is 0 Å². The van der Waals surface area contributed by atoms with E-state index in [-0.39, 0.29) is 5.41 Å². The summed E-state index contributed by atoms with van der Waals surface area (Å²) in [6.07, 6.45) is 1.01. The van der Waals surface area contributed by atoms with Crippen LogP contribution in [-0.2, 0) is 6.42 Å². The second-order valence-electron chi connectivity index (χ2n) is 7.04. The van der Waals surface area contributed by atoms with E-state index >= 15 is 0 Å². The minimum absolute atomic E-state index is 0.242. The molecule has 0 heterocycles. The first kappa shape index (κ1) is 16.8. The summed E-state index contributed by atoms with van der Waals surface area (Å²) in [6.45, 7) is 8.46. The van der Waals surface area contributed by atoms with Crippen molar-refractivity contribution in [2.45, 2.75) is 27.2 Å². The Hall–Kier alpha value is -1.22. The molecule has 1 rings (SSSR count). The molecule has 0 saturated carbocycles. The van der Waals surface area contributed by atoms with E-state index in [1.807, 2.05) is 0 Å². The summed E-state index contributed by atoms with van der Waals surface area (Å²) in [4.78, 5) is 4.30. The van der Waals surface area contributed by atoms with Crippen LogP contribution in [0.5, 0.6) is 5.75 Å². The van der Waals surface area contributed by atoms with Gasteiger partial charge in [-0.15, -0.1) is 0 Å². The molecule has 0 unspecified atom stereocenters. The quantitative estimate of drug-likeness (QED) is 0.794. The molecule has 3 heteroatoms. The second-order valence-corrected chi connectivity index (χ2v) is 7.04. The van der Waals surface area contributed by atoms with Gasteiger partial charge in [0.2, 0.25) is 0 Å². The van der Waals surface area contributed by atoms with Crippen molar-refractivity contribution in [2.75, 3.05) is 46.2 Å². The van der Waals surface area contributed by atoms with Crippen molar-refractivity contribution in [2.24, 2.45) is 5.41 Å². The predicted molar refractivity (Wildman–Crippen MR) is 88.0 cm³/mol. The molecule has 0 aromatic heterocycles. The number of hydrogen-bond acceptors (Lipinski definition) is 3. The third kappa shape index (κ3) is 5.41. The zero-order chi connectivity index (χ0) is 15.3. The number of benzene rings is 1. The fraction of sp³-hybridized carbons (Fsp3) is 0.647. The molecule has 0 aliphatic heterocycles. The molecule has 0 N–H and O–H groups in total. The highest BCUT2D eigenvalue weighted by atomic mass is 16.5. The molecule has 20 heavy (non-hydrogen) atoms. The number of ether oxygens (including phenoxy) is 1. The standard InChI is InChI=1S/C17H30N2O/c1-17(2,3)13-14-15(19(6)7)9-8-10-16(14)20-12-11-18(4)5/h8-10H,11-13H2,1-7H3. The highest BCUT2D eigenvalue weighted by molar-refractivity contribution is 5.59. The topological polar surface area (TPSA) is 15.7 Å². The van der Waals surface area contributed by atoms with Gasteiger partial charge in [-0.3, -0.25) is 0 Å². The van der Waals surface area contributed by atoms with Gasteiger partial charge >= 0.3 is 0 Å². The van der Waals surface area contributed by atoms with Crippen LogP contribution in [0.15, 0.2) is 18.2 Å². The molecule has 0 spiro atoms. The fourth-order valence-corrected chi connectivity index (χ4v) is 2.15. The highest BCUT2D eigenvalue weighted by Crippen LogP contribution is 2.34. The van der Waals surface area contributed by atoms with Gasteiger partial charge in [0.15, 0.2) is 0 Å². The van der Waals surface area contributed by atoms with Crippen LogP contribution in [0.1, 0.15) is 26.3 Å². The number of anilines is 1. The van der Waals surface area contributed by atoms with E-state index in [0.29, 0.717) is 0 Å². The first-order valence-corrected chi connectivity index (χ1v) is 7.27. The molecule has 0 aliphatic carbocycles. The number of hydrogen-bond donors (Lipinski definition) is 0. The van der Waals surface area contributed by atoms with E-state index in [1.165, 1.54) is 11.3 Å². The SMILES string of the molecule is CN(C)CCOc1cccc(N(C)C)c1CC(C)(C)C. The summed E-state index contributed by atoms with van der Waals surface area (Å²) in [5, 5.41) is 0. The van der Waals surface area contributed by atoms with Crippen molar-refractivity contribution in [3.05, 3.63) is 23.8 Å². The Morgan fingerprint density at radius 2 is 1.70 bits per heavy atom. The molecular formula is C17H30N2O. The fourth-order valence-electron chi connectivity index (χ4n) is 2.15. The molecule has 0 fully saturated rings. The predicted octanol–water partition coefficient (Wildman–Crippen LogP) is 3.28. The van der Waals surface area contributed by atoms with Crippen LogP contribution in [0.3, 0.4) is 0 Å². The molecule has 0 atom stereocenters. The molecule has 114 valence electrons. The van der Waals surface area contributed by atoms with Crippen LogP contribution in [0, 0.1) is 5.41 Å². The summed E-state index contributed by atoms with van der Waals surface area (Å²) in [5.41, 5.74) is 2.80. The van der Waals surface area contributed by atoms with E-state index in [4.69, 9.17) is 4.74 Å². The summed E-state index contributed by atoms with van der Waals surface area (Å²) >= 11 is 0. The third-order valence-electron chi connectivity index (χ3n) is 3.09. The van der Waals surface area contributed by atoms with Crippen LogP contribution in [-0.4, -0.2) is 46.2 Å². The van der Waals surface area contributed by atoms with Crippen molar-refractivity contribution in [1.29, 1.82) is 0 Å². The number of nitrogens with zero attached hydrogens (tertiary/aromatic N) is 2. The van der Waals surface area contributed by atoms with Crippen LogP contribution >= 0.6 is 0 Å². The van der Waals surface area contributed by atoms with Gasteiger partial charge in [0.1, 0.15) is 12.4 Å². The normalized spacial score (nSPS) is 11.8. The Bertz CT molecular complexity index is 419. The summed E-state index contributed by atoms with van der Waals surface area (Å²) < 4.78 is 6.02. The summed E-state index contributed by atoms with van der Waals surface area (Å²) in [7, 11) is 8.31. The van der Waals surface area contributed by atoms with Gasteiger partial charge in [0.25, 0.3) is 0 Å². The highest BCUT2D eigenvalue weighted by Gasteiger charge is 2.19. The lowest BCUT2D eigenvalue weighted by molar-refractivity contribution is 0.257. The average Bonchev–Trinajstić information content (AvgIpc) is 2.28. The van der Waals surface area contributed by atoms with Gasteiger partial charge < -0.3 is 14.5 Å². The molecule has 0 amide bonds. The van der Waals surface area contributed by atoms with Gasteiger partial charge in [-0.25, -0.2) is 0 Å². The lowest BCUT2D eigenvalue weighted by Crippen LogP contribution is -2.21. The smallest absolute Gasteiger partial charge is 0.124 e. The summed E-state index contributed by atoms with van der Waals surface area (Å²) in [6, 6.07) is 6.33. The van der Waals surface area contributed by atoms with Crippen molar-refractivity contribution in [3.8, 4) is 5.75 Å². The molecule has 0 bridgehead atoms. The lowest BCUT2D eigenvalue weighted by atomic mass is 9.87. The average molecular weight is 278 g/mol. The molecule has 0 aliphatic rings. The van der Waals surface area contributed by atoms with Crippen LogP contribution in [0.2, 0.25) is 0 Å². The van der Waals surface area contributed by atoms with Crippen LogP contribution < -0.4 is 9.64 Å². The first-order valence-electron chi connectivity index (χ1n) is 7.27. The van der Waals surface area contributed by atoms with Crippen molar-refractivity contribution in [1.82, 2.24) is 4.90 Å². The van der Waals surface area contributed by atoms with Gasteiger partial charge in [-0.2, -0.15) is 0 Å². The van der Waals surface area contributed by atoms with E-state index < -0.39 is 0 Å². The van der Waals surface area contributed by atoms with Gasteiger partial charge in [0, 0.05) is 31.9 Å². The van der Waals surface area contributed by atoms with Gasteiger partial charge in [-0.1, -0.05) is 26.8 Å².